The summed E-state index contributed by atoms with van der Waals surface area (Å²) in [5, 5.41) is 14.5. The SMILES string of the molecule is CS(=O)(=O)[O-].C[N+](C)(CCO)CCOCCNC(=O)CCCCCNC(=O)OCc1ccccc1. The van der Waals surface area contributed by atoms with E-state index in [1.54, 1.807) is 0 Å². The summed E-state index contributed by atoms with van der Waals surface area (Å²) in [4.78, 5) is 23.4. The maximum absolute atomic E-state index is 11.8. The van der Waals surface area contributed by atoms with Crippen LogP contribution < -0.4 is 10.6 Å². The van der Waals surface area contributed by atoms with Crippen molar-refractivity contribution >= 4 is 22.1 Å². The number of amides is 2. The van der Waals surface area contributed by atoms with Gasteiger partial charge in [-0.15, -0.1) is 0 Å². The minimum atomic E-state index is -3.92. The zero-order valence-electron chi connectivity index (χ0n) is 21.0. The second-order valence-electron chi connectivity index (χ2n) is 8.57. The van der Waals surface area contributed by atoms with Gasteiger partial charge in [0.2, 0.25) is 5.91 Å². The first-order chi connectivity index (χ1) is 16.4. The molecule has 0 unspecified atom stereocenters. The maximum atomic E-state index is 11.8. The van der Waals surface area contributed by atoms with Crippen LogP contribution in [0.25, 0.3) is 0 Å². The third-order valence-electron chi connectivity index (χ3n) is 4.68. The summed E-state index contributed by atoms with van der Waals surface area (Å²) in [7, 11) is 0.176. The van der Waals surface area contributed by atoms with Gasteiger partial charge in [-0.2, -0.15) is 0 Å². The van der Waals surface area contributed by atoms with E-state index < -0.39 is 16.2 Å². The van der Waals surface area contributed by atoms with Crippen molar-refractivity contribution < 1.29 is 41.6 Å². The molecule has 0 aliphatic rings. The first kappa shape index (κ1) is 32.8. The van der Waals surface area contributed by atoms with Gasteiger partial charge < -0.3 is 34.2 Å². The van der Waals surface area contributed by atoms with Gasteiger partial charge >= 0.3 is 6.09 Å². The van der Waals surface area contributed by atoms with E-state index in [-0.39, 0.29) is 19.1 Å². The molecule has 0 saturated carbocycles. The smallest absolute Gasteiger partial charge is 0.407 e. The van der Waals surface area contributed by atoms with Crippen LogP contribution in [0.2, 0.25) is 0 Å². The number of hydrogen-bond donors (Lipinski definition) is 3. The van der Waals surface area contributed by atoms with E-state index in [2.05, 4.69) is 10.6 Å². The van der Waals surface area contributed by atoms with E-state index >= 15 is 0 Å². The van der Waals surface area contributed by atoms with E-state index in [4.69, 9.17) is 27.6 Å². The number of unbranched alkanes of at least 4 members (excludes halogenated alkanes) is 2. The summed E-state index contributed by atoms with van der Waals surface area (Å²) in [6.07, 6.45) is 3.10. The Hall–Kier alpha value is -2.25. The molecule has 1 rings (SSSR count). The van der Waals surface area contributed by atoms with Crippen molar-refractivity contribution in [3.8, 4) is 0 Å². The van der Waals surface area contributed by atoms with Gasteiger partial charge in [-0.1, -0.05) is 36.8 Å². The standard InChI is InChI=1S/C22H37N3O5.CH4O3S/c1-25(2,14-16-26)15-18-29-17-13-23-21(27)11-7-4-8-12-24-22(28)30-19-20-9-5-3-6-10-20;1-5(2,3)4/h3,5-6,9-10,26H,4,7-8,11-19H2,1-2H3,(H-,23,24,27,28);1H3,(H,2,3,4). The fourth-order valence-electron chi connectivity index (χ4n) is 2.70. The Balaban J connectivity index is 0.00000209. The van der Waals surface area contributed by atoms with Crippen LogP contribution in [-0.2, 0) is 31.0 Å². The Bertz CT molecular complexity index is 796. The van der Waals surface area contributed by atoms with Crippen molar-refractivity contribution in [2.24, 2.45) is 0 Å². The average molecular weight is 520 g/mol. The molecule has 0 aliphatic carbocycles. The predicted octanol–water partition coefficient (Wildman–Crippen LogP) is 0.836. The highest BCUT2D eigenvalue weighted by molar-refractivity contribution is 7.84. The molecule has 0 aromatic heterocycles. The third-order valence-corrected chi connectivity index (χ3v) is 4.68. The summed E-state index contributed by atoms with van der Waals surface area (Å²) in [6, 6.07) is 9.54. The number of carbonyl (C=O) groups excluding carboxylic acids is 2. The number of nitrogens with zero attached hydrogens (tertiary/aromatic N) is 1. The van der Waals surface area contributed by atoms with Gasteiger partial charge in [0.15, 0.2) is 0 Å². The number of aliphatic hydroxyl groups is 1. The zero-order valence-corrected chi connectivity index (χ0v) is 21.8. The number of carbonyl (C=O) groups is 2. The van der Waals surface area contributed by atoms with Gasteiger partial charge in [0.1, 0.15) is 19.7 Å². The highest BCUT2D eigenvalue weighted by atomic mass is 32.2. The van der Waals surface area contributed by atoms with Gasteiger partial charge in [0.05, 0.1) is 44.0 Å². The topological polar surface area (TPSA) is 154 Å². The van der Waals surface area contributed by atoms with E-state index in [9.17, 15) is 9.59 Å². The molecule has 0 fully saturated rings. The van der Waals surface area contributed by atoms with Crippen LogP contribution in [0.15, 0.2) is 30.3 Å². The highest BCUT2D eigenvalue weighted by Gasteiger charge is 2.13. The van der Waals surface area contributed by atoms with Crippen LogP contribution in [0.4, 0.5) is 4.79 Å². The molecule has 0 atom stereocenters. The number of quaternary nitrogens is 1. The molecule has 11 nitrogen and oxygen atoms in total. The molecule has 3 N–H and O–H groups in total. The summed E-state index contributed by atoms with van der Waals surface area (Å²) in [5.41, 5.74) is 0.953. The van der Waals surface area contributed by atoms with E-state index in [0.717, 1.165) is 31.4 Å². The summed E-state index contributed by atoms with van der Waals surface area (Å²) in [5.74, 6) is 0.0187. The number of nitrogens with one attached hydrogen (secondary N) is 2. The molecule has 0 radical (unpaired) electrons. The number of hydrogen-bond acceptors (Lipinski definition) is 8. The van der Waals surface area contributed by atoms with Crippen LogP contribution in [-0.4, -0.2) is 101 Å². The molecule has 202 valence electrons. The molecule has 35 heavy (non-hydrogen) atoms. The molecule has 0 saturated heterocycles. The Labute approximate surface area is 209 Å². The van der Waals surface area contributed by atoms with Crippen LogP contribution in [0.1, 0.15) is 31.2 Å². The average Bonchev–Trinajstić information content (AvgIpc) is 2.76. The number of aliphatic hydroxyl groups excluding tert-OH is 1. The Morgan fingerprint density at radius 2 is 1.66 bits per heavy atom. The summed E-state index contributed by atoms with van der Waals surface area (Å²) < 4.78 is 38.6. The van der Waals surface area contributed by atoms with Crippen molar-refractivity contribution in [2.75, 3.05) is 66.4 Å². The van der Waals surface area contributed by atoms with E-state index in [1.165, 1.54) is 0 Å². The fourth-order valence-corrected chi connectivity index (χ4v) is 2.70. The molecular formula is C23H41N3O8S. The molecule has 1 aromatic carbocycles. The normalized spacial score (nSPS) is 11.2. The van der Waals surface area contributed by atoms with Gasteiger partial charge in [0.25, 0.3) is 0 Å². The zero-order chi connectivity index (χ0) is 26.6. The van der Waals surface area contributed by atoms with Crippen LogP contribution in [0.3, 0.4) is 0 Å². The van der Waals surface area contributed by atoms with Crippen molar-refractivity contribution in [1.82, 2.24) is 10.6 Å². The number of likely N-dealkylation sites (N-methyl/N-ethyl adjacent to an activating group) is 1. The first-order valence-electron chi connectivity index (χ1n) is 11.6. The molecular weight excluding hydrogens is 478 g/mol. The largest absolute Gasteiger partial charge is 0.748 e. The second kappa shape index (κ2) is 19.0. The number of alkyl carbamates (subject to hydrolysis) is 1. The highest BCUT2D eigenvalue weighted by Crippen LogP contribution is 2.02. The van der Waals surface area contributed by atoms with E-state index in [0.29, 0.717) is 50.0 Å². The first-order valence-corrected chi connectivity index (χ1v) is 13.4. The lowest BCUT2D eigenvalue weighted by molar-refractivity contribution is -0.891. The Morgan fingerprint density at radius 3 is 2.29 bits per heavy atom. The molecule has 0 spiro atoms. The number of ether oxygens (including phenoxy) is 2. The summed E-state index contributed by atoms with van der Waals surface area (Å²) in [6.45, 7) is 4.07. The van der Waals surface area contributed by atoms with Gasteiger partial charge in [-0.25, -0.2) is 13.2 Å². The second-order valence-corrected chi connectivity index (χ2v) is 9.98. The van der Waals surface area contributed by atoms with Crippen molar-refractivity contribution in [3.05, 3.63) is 35.9 Å². The minimum Gasteiger partial charge on any atom is -0.748 e. The third kappa shape index (κ3) is 24.7. The molecule has 0 heterocycles. The molecule has 0 bridgehead atoms. The maximum Gasteiger partial charge on any atom is 0.407 e. The predicted molar refractivity (Wildman–Crippen MR) is 131 cm³/mol. The van der Waals surface area contributed by atoms with Gasteiger partial charge in [-0.05, 0) is 18.4 Å². The van der Waals surface area contributed by atoms with Crippen LogP contribution >= 0.6 is 0 Å². The summed E-state index contributed by atoms with van der Waals surface area (Å²) >= 11 is 0. The monoisotopic (exact) mass is 519 g/mol. The van der Waals surface area contributed by atoms with Gasteiger partial charge in [0, 0.05) is 25.8 Å². The van der Waals surface area contributed by atoms with Crippen LogP contribution in [0, 0.1) is 0 Å². The number of benzene rings is 1. The quantitative estimate of drug-likeness (QED) is 0.165. The Kier molecular flexibility index (Phi) is 17.8. The molecule has 1 aromatic rings. The Morgan fingerprint density at radius 1 is 1.00 bits per heavy atom. The van der Waals surface area contributed by atoms with Crippen molar-refractivity contribution in [1.29, 1.82) is 0 Å². The van der Waals surface area contributed by atoms with Crippen molar-refractivity contribution in [2.45, 2.75) is 32.3 Å². The molecule has 0 aliphatic heterocycles. The lowest BCUT2D eigenvalue weighted by Crippen LogP contribution is -2.44. The number of rotatable bonds is 16. The lowest BCUT2D eigenvalue weighted by Gasteiger charge is -2.28. The molecule has 12 heteroatoms. The van der Waals surface area contributed by atoms with Crippen LogP contribution in [0.5, 0.6) is 0 Å². The van der Waals surface area contributed by atoms with Crippen molar-refractivity contribution in [3.63, 3.8) is 0 Å². The lowest BCUT2D eigenvalue weighted by atomic mass is 10.2. The minimum absolute atomic E-state index is 0.0187. The van der Waals surface area contributed by atoms with Gasteiger partial charge in [-0.3, -0.25) is 4.79 Å². The molecule has 2 amide bonds. The van der Waals surface area contributed by atoms with E-state index in [1.807, 2.05) is 44.4 Å². The fraction of sp³-hybridized carbons (Fsp3) is 0.652.